The minimum Gasteiger partial charge on any atom is -0.415 e. The first-order chi connectivity index (χ1) is 10.2. The van der Waals surface area contributed by atoms with Gasteiger partial charge < -0.3 is 4.42 Å². The van der Waals surface area contributed by atoms with Crippen molar-refractivity contribution >= 4 is 27.9 Å². The van der Waals surface area contributed by atoms with Crippen LogP contribution >= 0.6 is 22.9 Å². The molecule has 0 bridgehead atoms. The second-order valence-corrected chi connectivity index (χ2v) is 5.83. The average molecular weight is 317 g/mol. The molecule has 0 fully saturated rings. The summed E-state index contributed by atoms with van der Waals surface area (Å²) in [6.45, 7) is 1.93. The molecule has 0 N–H and O–H groups in total. The summed E-state index contributed by atoms with van der Waals surface area (Å²) >= 11 is 7.55. The van der Waals surface area contributed by atoms with Gasteiger partial charge in [0, 0.05) is 22.2 Å². The fraction of sp³-hybridized carbons (Fsp3) is 0.0714. The SMILES string of the molecule is Cc1nc2sccn2c1-c1nnc(-c2cccc(Cl)c2)o1. The van der Waals surface area contributed by atoms with E-state index in [1.165, 1.54) is 0 Å². The predicted octanol–water partition coefficient (Wildman–Crippen LogP) is 4.07. The van der Waals surface area contributed by atoms with Gasteiger partial charge in [-0.2, -0.15) is 0 Å². The molecule has 3 heterocycles. The summed E-state index contributed by atoms with van der Waals surface area (Å²) in [6, 6.07) is 7.33. The highest BCUT2D eigenvalue weighted by molar-refractivity contribution is 7.15. The summed E-state index contributed by atoms with van der Waals surface area (Å²) in [4.78, 5) is 5.39. The maximum Gasteiger partial charge on any atom is 0.266 e. The summed E-state index contributed by atoms with van der Waals surface area (Å²) in [5, 5.41) is 10.8. The van der Waals surface area contributed by atoms with Crippen molar-refractivity contribution < 1.29 is 4.42 Å². The largest absolute Gasteiger partial charge is 0.415 e. The highest BCUT2D eigenvalue weighted by Gasteiger charge is 2.18. The third-order valence-electron chi connectivity index (χ3n) is 3.14. The van der Waals surface area contributed by atoms with Crippen molar-refractivity contribution in [3.63, 3.8) is 0 Å². The molecule has 1 aromatic carbocycles. The highest BCUT2D eigenvalue weighted by atomic mass is 35.5. The second kappa shape index (κ2) is 4.68. The summed E-state index contributed by atoms with van der Waals surface area (Å²) in [6.07, 6.45) is 1.94. The van der Waals surface area contributed by atoms with Gasteiger partial charge in [-0.05, 0) is 25.1 Å². The molecule has 7 heteroatoms. The molecule has 0 amide bonds. The Hall–Kier alpha value is -2.18. The minimum atomic E-state index is 0.442. The van der Waals surface area contributed by atoms with Gasteiger partial charge in [-0.3, -0.25) is 4.40 Å². The van der Waals surface area contributed by atoms with Gasteiger partial charge in [0.15, 0.2) is 4.96 Å². The van der Waals surface area contributed by atoms with Gasteiger partial charge in [0.05, 0.1) is 5.69 Å². The first-order valence-electron chi connectivity index (χ1n) is 6.24. The second-order valence-electron chi connectivity index (χ2n) is 4.52. The lowest BCUT2D eigenvalue weighted by atomic mass is 10.2. The number of hydrogen-bond donors (Lipinski definition) is 0. The Morgan fingerprint density at radius 1 is 1.24 bits per heavy atom. The maximum absolute atomic E-state index is 5.99. The number of hydrogen-bond acceptors (Lipinski definition) is 5. The molecular formula is C14H9ClN4OS. The van der Waals surface area contributed by atoms with E-state index in [2.05, 4.69) is 15.2 Å². The lowest BCUT2D eigenvalue weighted by Crippen LogP contribution is -1.86. The standard InChI is InChI=1S/C14H9ClN4OS/c1-8-11(19-5-6-21-14(19)16-8)13-18-17-12(20-13)9-3-2-4-10(15)7-9/h2-7H,1H3. The topological polar surface area (TPSA) is 56.2 Å². The van der Waals surface area contributed by atoms with Gasteiger partial charge in [0.2, 0.25) is 5.89 Å². The number of halogens is 1. The van der Waals surface area contributed by atoms with Crippen LogP contribution in [0.3, 0.4) is 0 Å². The van der Waals surface area contributed by atoms with Crippen LogP contribution in [0.2, 0.25) is 5.02 Å². The monoisotopic (exact) mass is 316 g/mol. The van der Waals surface area contributed by atoms with Crippen LogP contribution in [0.4, 0.5) is 0 Å². The first kappa shape index (κ1) is 12.6. The predicted molar refractivity (Wildman–Crippen MR) is 81.5 cm³/mol. The molecule has 4 rings (SSSR count). The van der Waals surface area contributed by atoms with Gasteiger partial charge in [0.1, 0.15) is 5.69 Å². The minimum absolute atomic E-state index is 0.442. The van der Waals surface area contributed by atoms with Gasteiger partial charge in [-0.15, -0.1) is 21.5 Å². The van der Waals surface area contributed by atoms with E-state index < -0.39 is 0 Å². The van der Waals surface area contributed by atoms with Crippen LogP contribution in [0.15, 0.2) is 40.3 Å². The molecule has 4 aromatic rings. The molecule has 21 heavy (non-hydrogen) atoms. The molecule has 5 nitrogen and oxygen atoms in total. The van der Waals surface area contributed by atoms with E-state index >= 15 is 0 Å². The van der Waals surface area contributed by atoms with Crippen molar-refractivity contribution in [1.29, 1.82) is 0 Å². The zero-order valence-electron chi connectivity index (χ0n) is 10.9. The highest BCUT2D eigenvalue weighted by Crippen LogP contribution is 2.29. The maximum atomic E-state index is 5.99. The molecule has 0 unspecified atom stereocenters. The van der Waals surface area contributed by atoms with Crippen molar-refractivity contribution in [2.24, 2.45) is 0 Å². The van der Waals surface area contributed by atoms with E-state index in [0.717, 1.165) is 21.9 Å². The lowest BCUT2D eigenvalue weighted by molar-refractivity contribution is 0.581. The van der Waals surface area contributed by atoms with Crippen molar-refractivity contribution in [2.75, 3.05) is 0 Å². The van der Waals surface area contributed by atoms with E-state index in [9.17, 15) is 0 Å². The van der Waals surface area contributed by atoms with E-state index in [-0.39, 0.29) is 0 Å². The van der Waals surface area contributed by atoms with E-state index in [0.29, 0.717) is 16.8 Å². The van der Waals surface area contributed by atoms with Crippen LogP contribution in [0, 0.1) is 6.92 Å². The van der Waals surface area contributed by atoms with Crippen LogP contribution in [-0.4, -0.2) is 19.6 Å². The van der Waals surface area contributed by atoms with E-state index in [1.807, 2.05) is 35.0 Å². The zero-order valence-corrected chi connectivity index (χ0v) is 12.5. The number of imidazole rings is 1. The molecular weight excluding hydrogens is 308 g/mol. The molecule has 0 atom stereocenters. The molecule has 0 radical (unpaired) electrons. The molecule has 0 spiro atoms. The normalized spacial score (nSPS) is 11.3. The Morgan fingerprint density at radius 2 is 2.10 bits per heavy atom. The third kappa shape index (κ3) is 2.03. The van der Waals surface area contributed by atoms with Gasteiger partial charge in [-0.25, -0.2) is 4.98 Å². The fourth-order valence-electron chi connectivity index (χ4n) is 2.21. The molecule has 0 saturated heterocycles. The summed E-state index contributed by atoms with van der Waals surface area (Å²) in [7, 11) is 0. The van der Waals surface area contributed by atoms with Crippen LogP contribution < -0.4 is 0 Å². The van der Waals surface area contributed by atoms with Crippen LogP contribution in [-0.2, 0) is 0 Å². The Kier molecular flexibility index (Phi) is 2.80. The molecule has 0 aliphatic heterocycles. The van der Waals surface area contributed by atoms with Crippen LogP contribution in [0.5, 0.6) is 0 Å². The Balaban J connectivity index is 1.84. The van der Waals surface area contributed by atoms with Crippen molar-refractivity contribution in [1.82, 2.24) is 19.6 Å². The third-order valence-corrected chi connectivity index (χ3v) is 4.13. The number of aromatic nitrogens is 4. The molecule has 0 aliphatic carbocycles. The van der Waals surface area contributed by atoms with E-state index in [4.69, 9.17) is 16.0 Å². The number of aryl methyl sites for hydroxylation is 1. The van der Waals surface area contributed by atoms with Gasteiger partial charge >= 0.3 is 0 Å². The first-order valence-corrected chi connectivity index (χ1v) is 7.50. The number of fused-ring (bicyclic) bond motifs is 1. The Bertz CT molecular complexity index is 939. The number of thiazole rings is 1. The smallest absolute Gasteiger partial charge is 0.266 e. The molecule has 104 valence electrons. The summed E-state index contributed by atoms with van der Waals surface area (Å²) in [5.41, 5.74) is 2.49. The van der Waals surface area contributed by atoms with Crippen LogP contribution in [0.1, 0.15) is 5.69 Å². The Labute approximate surface area is 128 Å². The van der Waals surface area contributed by atoms with Crippen molar-refractivity contribution in [2.45, 2.75) is 6.92 Å². The van der Waals surface area contributed by atoms with Crippen molar-refractivity contribution in [3.8, 4) is 23.0 Å². The van der Waals surface area contributed by atoms with Gasteiger partial charge in [0.25, 0.3) is 5.89 Å². The molecule has 3 aromatic heterocycles. The molecule has 0 aliphatic rings. The number of rotatable bonds is 2. The molecule has 0 saturated carbocycles. The fourth-order valence-corrected chi connectivity index (χ4v) is 3.16. The zero-order chi connectivity index (χ0) is 14.4. The quantitative estimate of drug-likeness (QED) is 0.559. The van der Waals surface area contributed by atoms with Gasteiger partial charge in [-0.1, -0.05) is 17.7 Å². The lowest BCUT2D eigenvalue weighted by Gasteiger charge is -1.96. The van der Waals surface area contributed by atoms with Crippen LogP contribution in [0.25, 0.3) is 28.0 Å². The van der Waals surface area contributed by atoms with Crippen molar-refractivity contribution in [3.05, 3.63) is 46.6 Å². The average Bonchev–Trinajstić information content (AvgIpc) is 3.14. The summed E-state index contributed by atoms with van der Waals surface area (Å²) < 4.78 is 7.74. The number of benzene rings is 1. The van der Waals surface area contributed by atoms with E-state index in [1.54, 1.807) is 23.5 Å². The summed E-state index contributed by atoms with van der Waals surface area (Å²) in [5.74, 6) is 0.894. The number of nitrogens with zero attached hydrogens (tertiary/aromatic N) is 4. The Morgan fingerprint density at radius 3 is 2.95 bits per heavy atom.